The third-order valence-electron chi connectivity index (χ3n) is 3.86. The van der Waals surface area contributed by atoms with E-state index in [1.54, 1.807) is 11.8 Å². The Kier molecular flexibility index (Phi) is 3.98. The molecule has 0 N–H and O–H groups in total. The van der Waals surface area contributed by atoms with Crippen molar-refractivity contribution in [1.82, 2.24) is 0 Å². The molecule has 1 unspecified atom stereocenters. The van der Waals surface area contributed by atoms with Crippen molar-refractivity contribution < 1.29 is 19.4 Å². The Morgan fingerprint density at radius 3 is 2.55 bits per heavy atom. The zero-order valence-electron chi connectivity index (χ0n) is 12.1. The number of non-ortho nitro benzene ring substituents is 1. The number of hydrogen-bond donors (Lipinski definition) is 0. The van der Waals surface area contributed by atoms with Crippen LogP contribution in [0.2, 0.25) is 0 Å². The fourth-order valence-electron chi connectivity index (χ4n) is 2.62. The summed E-state index contributed by atoms with van der Waals surface area (Å²) in [5.74, 6) is -0.375. The van der Waals surface area contributed by atoms with E-state index in [1.807, 2.05) is 0 Å². The zero-order chi connectivity index (χ0) is 16.5. The molecular formula is C13H15N3O6. The number of benzene rings is 1. The molecule has 0 aromatic heterocycles. The maximum Gasteiger partial charge on any atom is 0.313 e. The quantitative estimate of drug-likeness (QED) is 0.473. The summed E-state index contributed by atoms with van der Waals surface area (Å²) in [4.78, 5) is 34.1. The van der Waals surface area contributed by atoms with Crippen LogP contribution in [-0.4, -0.2) is 36.0 Å². The van der Waals surface area contributed by atoms with Gasteiger partial charge in [-0.3, -0.25) is 25.0 Å². The van der Waals surface area contributed by atoms with Gasteiger partial charge in [0.2, 0.25) is 0 Å². The van der Waals surface area contributed by atoms with E-state index < -0.39 is 15.3 Å². The van der Waals surface area contributed by atoms with E-state index in [4.69, 9.17) is 4.74 Å². The van der Waals surface area contributed by atoms with Crippen LogP contribution in [0, 0.1) is 25.6 Å². The number of nitro benzene ring substituents is 2. The Labute approximate surface area is 125 Å². The first kappa shape index (κ1) is 15.7. The molecule has 1 aliphatic heterocycles. The number of carbonyl (C=O) groups is 1. The zero-order valence-corrected chi connectivity index (χ0v) is 12.1. The lowest BCUT2D eigenvalue weighted by Crippen LogP contribution is -2.33. The Morgan fingerprint density at radius 2 is 2.00 bits per heavy atom. The van der Waals surface area contributed by atoms with E-state index in [0.29, 0.717) is 13.0 Å². The number of carbonyl (C=O) groups excluding carboxylic acids is 1. The summed E-state index contributed by atoms with van der Waals surface area (Å²) in [7, 11) is 1.30. The second-order valence-electron chi connectivity index (χ2n) is 5.41. The molecule has 1 aromatic carbocycles. The third kappa shape index (κ3) is 2.69. The van der Waals surface area contributed by atoms with Gasteiger partial charge < -0.3 is 9.64 Å². The molecule has 1 aliphatic rings. The van der Waals surface area contributed by atoms with Crippen molar-refractivity contribution in [3.8, 4) is 0 Å². The highest BCUT2D eigenvalue weighted by atomic mass is 16.6. The maximum atomic E-state index is 11.8. The van der Waals surface area contributed by atoms with Gasteiger partial charge in [-0.2, -0.15) is 0 Å². The van der Waals surface area contributed by atoms with Gasteiger partial charge in [0, 0.05) is 19.2 Å². The standard InChI is InChI=1S/C13H15N3O6/c1-13(12(17)22-2)5-6-14(8-13)10-4-3-9(15(18)19)7-11(10)16(20)21/h3-4,7H,5-6,8H2,1-2H3. The lowest BCUT2D eigenvalue weighted by atomic mass is 9.90. The molecule has 9 nitrogen and oxygen atoms in total. The van der Waals surface area contributed by atoms with Gasteiger partial charge in [-0.1, -0.05) is 0 Å². The molecule has 118 valence electrons. The number of anilines is 1. The second-order valence-corrected chi connectivity index (χ2v) is 5.41. The highest BCUT2D eigenvalue weighted by Gasteiger charge is 2.43. The molecule has 2 rings (SSSR count). The van der Waals surface area contributed by atoms with Crippen LogP contribution in [-0.2, 0) is 9.53 Å². The van der Waals surface area contributed by atoms with Crippen molar-refractivity contribution in [2.45, 2.75) is 13.3 Å². The van der Waals surface area contributed by atoms with Crippen LogP contribution in [0.25, 0.3) is 0 Å². The molecule has 0 spiro atoms. The molecule has 1 fully saturated rings. The van der Waals surface area contributed by atoms with Gasteiger partial charge in [0.25, 0.3) is 11.4 Å². The minimum atomic E-state index is -0.746. The first-order valence-electron chi connectivity index (χ1n) is 6.55. The first-order valence-corrected chi connectivity index (χ1v) is 6.55. The fourth-order valence-corrected chi connectivity index (χ4v) is 2.62. The van der Waals surface area contributed by atoms with Crippen molar-refractivity contribution in [2.75, 3.05) is 25.1 Å². The largest absolute Gasteiger partial charge is 0.469 e. The van der Waals surface area contributed by atoms with Crippen LogP contribution in [0.3, 0.4) is 0 Å². The Morgan fingerprint density at radius 1 is 1.32 bits per heavy atom. The topological polar surface area (TPSA) is 116 Å². The predicted molar refractivity (Wildman–Crippen MR) is 76.7 cm³/mol. The molecule has 9 heteroatoms. The van der Waals surface area contributed by atoms with E-state index in [2.05, 4.69) is 0 Å². The van der Waals surface area contributed by atoms with Crippen molar-refractivity contribution in [3.63, 3.8) is 0 Å². The van der Waals surface area contributed by atoms with E-state index in [0.717, 1.165) is 6.07 Å². The molecule has 0 aliphatic carbocycles. The second kappa shape index (κ2) is 5.58. The minimum Gasteiger partial charge on any atom is -0.469 e. The number of esters is 1. The van der Waals surface area contributed by atoms with Crippen LogP contribution < -0.4 is 4.90 Å². The summed E-state index contributed by atoms with van der Waals surface area (Å²) in [5, 5.41) is 21.9. The molecule has 1 aromatic rings. The lowest BCUT2D eigenvalue weighted by molar-refractivity contribution is -0.393. The van der Waals surface area contributed by atoms with Crippen molar-refractivity contribution >= 4 is 23.0 Å². The maximum absolute atomic E-state index is 11.8. The van der Waals surface area contributed by atoms with E-state index in [1.165, 1.54) is 19.2 Å². The number of hydrogen-bond acceptors (Lipinski definition) is 7. The number of nitro groups is 2. The normalized spacial score (nSPS) is 20.7. The number of ether oxygens (including phenoxy) is 1. The van der Waals surface area contributed by atoms with E-state index >= 15 is 0 Å². The molecule has 1 heterocycles. The highest BCUT2D eigenvalue weighted by molar-refractivity contribution is 5.79. The van der Waals surface area contributed by atoms with E-state index in [-0.39, 0.29) is 29.6 Å². The van der Waals surface area contributed by atoms with Gasteiger partial charge >= 0.3 is 5.97 Å². The van der Waals surface area contributed by atoms with Crippen molar-refractivity contribution in [1.29, 1.82) is 0 Å². The summed E-state index contributed by atoms with van der Waals surface area (Å²) in [6, 6.07) is 3.50. The van der Waals surface area contributed by atoms with Crippen LogP contribution in [0.1, 0.15) is 13.3 Å². The average Bonchev–Trinajstić information content (AvgIpc) is 2.89. The van der Waals surface area contributed by atoms with Gasteiger partial charge in [0.1, 0.15) is 5.69 Å². The number of rotatable bonds is 4. The average molecular weight is 309 g/mol. The third-order valence-corrected chi connectivity index (χ3v) is 3.86. The summed E-state index contributed by atoms with van der Waals surface area (Å²) in [6.45, 7) is 2.43. The number of methoxy groups -OCH3 is 1. The molecule has 1 atom stereocenters. The van der Waals surface area contributed by atoms with Crippen LogP contribution >= 0.6 is 0 Å². The molecule has 22 heavy (non-hydrogen) atoms. The minimum absolute atomic E-state index is 0.262. The van der Waals surface area contributed by atoms with Gasteiger partial charge in [0.05, 0.1) is 28.4 Å². The molecular weight excluding hydrogens is 294 g/mol. The Hall–Kier alpha value is -2.71. The Bertz CT molecular complexity index is 647. The monoisotopic (exact) mass is 309 g/mol. The summed E-state index contributed by atoms with van der Waals surface area (Å²) >= 11 is 0. The fraction of sp³-hybridized carbons (Fsp3) is 0.462. The highest BCUT2D eigenvalue weighted by Crippen LogP contribution is 2.39. The van der Waals surface area contributed by atoms with Crippen LogP contribution in [0.4, 0.5) is 17.1 Å². The van der Waals surface area contributed by atoms with Gasteiger partial charge in [-0.15, -0.1) is 0 Å². The molecule has 0 radical (unpaired) electrons. The van der Waals surface area contributed by atoms with Crippen LogP contribution in [0.5, 0.6) is 0 Å². The molecule has 0 amide bonds. The molecule has 0 saturated carbocycles. The molecule has 0 bridgehead atoms. The number of nitrogens with zero attached hydrogens (tertiary/aromatic N) is 3. The van der Waals surface area contributed by atoms with Gasteiger partial charge in [0.15, 0.2) is 0 Å². The Balaban J connectivity index is 2.36. The van der Waals surface area contributed by atoms with Crippen LogP contribution in [0.15, 0.2) is 18.2 Å². The van der Waals surface area contributed by atoms with Gasteiger partial charge in [-0.25, -0.2) is 0 Å². The van der Waals surface area contributed by atoms with Gasteiger partial charge in [-0.05, 0) is 19.4 Å². The summed E-state index contributed by atoms with van der Waals surface area (Å²) in [6.07, 6.45) is 0.494. The molecule has 1 saturated heterocycles. The summed E-state index contributed by atoms with van der Waals surface area (Å²) < 4.78 is 4.76. The lowest BCUT2D eigenvalue weighted by Gasteiger charge is -2.22. The van der Waals surface area contributed by atoms with E-state index in [9.17, 15) is 25.0 Å². The van der Waals surface area contributed by atoms with Crippen molar-refractivity contribution in [3.05, 3.63) is 38.4 Å². The predicted octanol–water partition coefficient (Wildman–Crippen LogP) is 1.89. The SMILES string of the molecule is COC(=O)C1(C)CCN(c2ccc([N+](=O)[O-])cc2[N+](=O)[O-])C1. The first-order chi connectivity index (χ1) is 10.3. The summed E-state index contributed by atoms with van der Waals surface area (Å²) in [5.41, 5.74) is -1.17. The smallest absolute Gasteiger partial charge is 0.313 e. The van der Waals surface area contributed by atoms with Crippen molar-refractivity contribution in [2.24, 2.45) is 5.41 Å².